The van der Waals surface area contributed by atoms with Crippen molar-refractivity contribution in [2.45, 2.75) is 69.1 Å². The molecule has 2 saturated heterocycles. The number of nitrogens with zero attached hydrogens (tertiary/aromatic N) is 2. The van der Waals surface area contributed by atoms with Crippen LogP contribution in [0.5, 0.6) is 0 Å². The molecule has 1 atom stereocenters. The zero-order valence-corrected chi connectivity index (χ0v) is 17.5. The number of piperidine rings is 1. The minimum atomic E-state index is -0.758. The maximum Gasteiger partial charge on any atom is 0.337 e. The monoisotopic (exact) mass is 414 g/mol. The molecule has 30 heavy (non-hydrogen) atoms. The van der Waals surface area contributed by atoms with Gasteiger partial charge in [0.25, 0.3) is 5.91 Å². The van der Waals surface area contributed by atoms with E-state index in [-0.39, 0.29) is 24.0 Å². The van der Waals surface area contributed by atoms with Crippen LogP contribution in [0.1, 0.15) is 72.1 Å². The molecule has 0 radical (unpaired) electrons. The van der Waals surface area contributed by atoms with E-state index in [0.29, 0.717) is 30.5 Å². The van der Waals surface area contributed by atoms with E-state index < -0.39 is 11.5 Å². The lowest BCUT2D eigenvalue weighted by molar-refractivity contribution is -0.149. The predicted molar refractivity (Wildman–Crippen MR) is 110 cm³/mol. The van der Waals surface area contributed by atoms with E-state index in [1.54, 1.807) is 29.2 Å². The molecule has 0 bridgehead atoms. The van der Waals surface area contributed by atoms with Crippen molar-refractivity contribution in [3.63, 3.8) is 0 Å². The second kappa shape index (κ2) is 8.38. The van der Waals surface area contributed by atoms with Crippen LogP contribution in [-0.4, -0.2) is 70.6 Å². The zero-order chi connectivity index (χ0) is 21.3. The third-order valence-corrected chi connectivity index (χ3v) is 7.04. The Balaban J connectivity index is 1.54. The van der Waals surface area contributed by atoms with Gasteiger partial charge in [-0.25, -0.2) is 4.79 Å². The smallest absolute Gasteiger partial charge is 0.337 e. The molecule has 1 aromatic carbocycles. The molecule has 2 heterocycles. The van der Waals surface area contributed by atoms with Crippen LogP contribution in [0.15, 0.2) is 24.3 Å². The number of ether oxygens (including phenoxy) is 1. The Morgan fingerprint density at radius 2 is 1.60 bits per heavy atom. The lowest BCUT2D eigenvalue weighted by Crippen LogP contribution is -2.63. The molecular weight excluding hydrogens is 384 g/mol. The molecule has 7 nitrogen and oxygen atoms in total. The number of aliphatic hydroxyl groups is 1. The largest absolute Gasteiger partial charge is 0.465 e. The molecule has 1 aromatic rings. The quantitative estimate of drug-likeness (QED) is 0.768. The molecule has 1 N–H and O–H groups in total. The van der Waals surface area contributed by atoms with Crippen molar-refractivity contribution in [2.24, 2.45) is 0 Å². The average Bonchev–Trinajstić information content (AvgIpc) is 3.20. The van der Waals surface area contributed by atoms with Gasteiger partial charge in [-0.3, -0.25) is 9.59 Å². The van der Waals surface area contributed by atoms with Crippen molar-refractivity contribution in [3.05, 3.63) is 35.4 Å². The van der Waals surface area contributed by atoms with Gasteiger partial charge in [-0.05, 0) is 75.6 Å². The number of hydrogen-bond donors (Lipinski definition) is 1. The summed E-state index contributed by atoms with van der Waals surface area (Å²) >= 11 is 0. The molecule has 2 aliphatic heterocycles. The van der Waals surface area contributed by atoms with Gasteiger partial charge >= 0.3 is 5.97 Å². The molecular formula is C23H30N2O5. The maximum absolute atomic E-state index is 13.7. The number of likely N-dealkylation sites (tertiary alicyclic amines) is 2. The van der Waals surface area contributed by atoms with Gasteiger partial charge in [-0.2, -0.15) is 0 Å². The second-order valence-electron chi connectivity index (χ2n) is 8.73. The van der Waals surface area contributed by atoms with Crippen LogP contribution in [0.25, 0.3) is 0 Å². The van der Waals surface area contributed by atoms with Crippen molar-refractivity contribution < 1.29 is 24.2 Å². The van der Waals surface area contributed by atoms with Crippen LogP contribution in [0.3, 0.4) is 0 Å². The van der Waals surface area contributed by atoms with Gasteiger partial charge in [0, 0.05) is 24.7 Å². The normalized spacial score (nSPS) is 29.3. The Bertz CT molecular complexity index is 815. The molecule has 162 valence electrons. The molecule has 1 saturated carbocycles. The zero-order valence-electron chi connectivity index (χ0n) is 17.5. The Kier molecular flexibility index (Phi) is 5.82. The highest BCUT2D eigenvalue weighted by Crippen LogP contribution is 2.41. The molecule has 1 aliphatic carbocycles. The molecule has 4 rings (SSSR count). The first-order valence-electron chi connectivity index (χ1n) is 11.0. The summed E-state index contributed by atoms with van der Waals surface area (Å²) in [6.07, 6.45) is 5.95. The fourth-order valence-corrected chi connectivity index (χ4v) is 5.42. The summed E-state index contributed by atoms with van der Waals surface area (Å²) in [4.78, 5) is 42.4. The Hall–Kier alpha value is -2.41. The number of esters is 1. The van der Waals surface area contributed by atoms with Gasteiger partial charge in [-0.15, -0.1) is 0 Å². The number of aliphatic hydroxyl groups excluding tert-OH is 1. The van der Waals surface area contributed by atoms with Gasteiger partial charge in [0.05, 0.1) is 18.8 Å². The average molecular weight is 415 g/mol. The molecule has 2 amide bonds. The topological polar surface area (TPSA) is 87.2 Å². The third kappa shape index (κ3) is 3.60. The van der Waals surface area contributed by atoms with Crippen LogP contribution >= 0.6 is 0 Å². The SMILES string of the molecule is COC(=O)c1ccc(C(=O)N2CCCC23CCCN(C2CCC(O)CC2)C3=O)cc1. The third-order valence-electron chi connectivity index (χ3n) is 7.04. The lowest BCUT2D eigenvalue weighted by atomic mass is 9.82. The van der Waals surface area contributed by atoms with Crippen LogP contribution in [0.4, 0.5) is 0 Å². The van der Waals surface area contributed by atoms with Crippen molar-refractivity contribution >= 4 is 17.8 Å². The number of carbonyl (C=O) groups is 3. The van der Waals surface area contributed by atoms with E-state index in [9.17, 15) is 19.5 Å². The van der Waals surface area contributed by atoms with E-state index in [2.05, 4.69) is 0 Å². The van der Waals surface area contributed by atoms with E-state index >= 15 is 0 Å². The summed E-state index contributed by atoms with van der Waals surface area (Å²) in [5, 5.41) is 9.82. The van der Waals surface area contributed by atoms with Gasteiger partial charge in [0.15, 0.2) is 0 Å². The summed E-state index contributed by atoms with van der Waals surface area (Å²) in [5.41, 5.74) is 0.117. The highest BCUT2D eigenvalue weighted by molar-refractivity contribution is 6.01. The summed E-state index contributed by atoms with van der Waals surface area (Å²) in [6, 6.07) is 6.60. The minimum absolute atomic E-state index is 0.0761. The first-order valence-corrected chi connectivity index (χ1v) is 11.0. The predicted octanol–water partition coefficient (Wildman–Crippen LogP) is 2.37. The molecule has 7 heteroatoms. The van der Waals surface area contributed by atoms with E-state index in [1.807, 2.05) is 4.90 Å². The Labute approximate surface area is 177 Å². The van der Waals surface area contributed by atoms with Crippen LogP contribution in [0, 0.1) is 0 Å². The van der Waals surface area contributed by atoms with Crippen molar-refractivity contribution in [3.8, 4) is 0 Å². The van der Waals surface area contributed by atoms with Gasteiger partial charge in [0.1, 0.15) is 5.54 Å². The summed E-state index contributed by atoms with van der Waals surface area (Å²) in [6.45, 7) is 1.30. The number of methoxy groups -OCH3 is 1. The standard InChI is InChI=1S/C23H30N2O5/c1-30-21(28)17-6-4-16(5-7-17)20(27)25-15-3-13-23(25)12-2-14-24(22(23)29)18-8-10-19(26)11-9-18/h4-7,18-19,26H,2-3,8-15H2,1H3. The molecule has 1 spiro atoms. The molecule has 0 aromatic heterocycles. The van der Waals surface area contributed by atoms with Gasteiger partial charge < -0.3 is 19.6 Å². The van der Waals surface area contributed by atoms with Crippen molar-refractivity contribution in [1.29, 1.82) is 0 Å². The number of benzene rings is 1. The highest BCUT2D eigenvalue weighted by Gasteiger charge is 2.53. The summed E-state index contributed by atoms with van der Waals surface area (Å²) in [7, 11) is 1.32. The van der Waals surface area contributed by atoms with Crippen molar-refractivity contribution in [1.82, 2.24) is 9.80 Å². The van der Waals surface area contributed by atoms with Crippen LogP contribution in [-0.2, 0) is 9.53 Å². The molecule has 3 aliphatic rings. The number of amides is 2. The highest BCUT2D eigenvalue weighted by atomic mass is 16.5. The maximum atomic E-state index is 13.7. The lowest BCUT2D eigenvalue weighted by Gasteiger charge is -2.48. The van der Waals surface area contributed by atoms with E-state index in [4.69, 9.17) is 4.74 Å². The van der Waals surface area contributed by atoms with Gasteiger partial charge in [0.2, 0.25) is 5.91 Å². The fourth-order valence-electron chi connectivity index (χ4n) is 5.42. The number of hydrogen-bond acceptors (Lipinski definition) is 5. The van der Waals surface area contributed by atoms with Crippen LogP contribution in [0.2, 0.25) is 0 Å². The minimum Gasteiger partial charge on any atom is -0.465 e. The fraction of sp³-hybridized carbons (Fsp3) is 0.609. The second-order valence-corrected chi connectivity index (χ2v) is 8.73. The number of rotatable bonds is 3. The first-order chi connectivity index (χ1) is 14.5. The summed E-state index contributed by atoms with van der Waals surface area (Å²) in [5.74, 6) is -0.521. The van der Waals surface area contributed by atoms with Crippen molar-refractivity contribution in [2.75, 3.05) is 20.2 Å². The first kappa shape index (κ1) is 20.8. The molecule has 3 fully saturated rings. The molecule has 1 unspecified atom stereocenters. The Morgan fingerprint density at radius 1 is 1.00 bits per heavy atom. The number of carbonyl (C=O) groups excluding carboxylic acids is 3. The van der Waals surface area contributed by atoms with Crippen LogP contribution < -0.4 is 0 Å². The Morgan fingerprint density at radius 3 is 2.23 bits per heavy atom. The van der Waals surface area contributed by atoms with E-state index in [0.717, 1.165) is 45.1 Å². The van der Waals surface area contributed by atoms with E-state index in [1.165, 1.54) is 7.11 Å². The summed E-state index contributed by atoms with van der Waals surface area (Å²) < 4.78 is 4.72. The van der Waals surface area contributed by atoms with Gasteiger partial charge in [-0.1, -0.05) is 0 Å².